The van der Waals surface area contributed by atoms with Crippen LogP contribution in [0.25, 0.3) is 0 Å². The third-order valence-electron chi connectivity index (χ3n) is 8.21. The molecule has 22 heavy (non-hydrogen) atoms. The van der Waals surface area contributed by atoms with Gasteiger partial charge in [0.05, 0.1) is 5.60 Å². The van der Waals surface area contributed by atoms with Gasteiger partial charge in [0.15, 0.2) is 0 Å². The van der Waals surface area contributed by atoms with Crippen LogP contribution in [-0.4, -0.2) is 25.4 Å². The molecule has 3 heteroatoms. The van der Waals surface area contributed by atoms with E-state index < -0.39 is 16.4 Å². The summed E-state index contributed by atoms with van der Waals surface area (Å²) in [4.78, 5) is 0. The highest BCUT2D eigenvalue weighted by atomic mass is 32.2. The van der Waals surface area contributed by atoms with Crippen molar-refractivity contribution in [2.45, 2.75) is 94.2 Å². The largest absolute Gasteiger partial charge is 0.389 e. The summed E-state index contributed by atoms with van der Waals surface area (Å²) in [6.45, 7) is 4.98. The summed E-state index contributed by atoms with van der Waals surface area (Å²) in [6.07, 6.45) is 11.7. The van der Waals surface area contributed by atoms with E-state index in [1.54, 1.807) is 0 Å². The van der Waals surface area contributed by atoms with E-state index in [1.807, 2.05) is 0 Å². The molecule has 2 heterocycles. The highest BCUT2D eigenvalue weighted by Crippen LogP contribution is 2.73. The fourth-order valence-electron chi connectivity index (χ4n) is 8.48. The van der Waals surface area contributed by atoms with Crippen LogP contribution in [-0.2, 0) is 10.8 Å². The molecule has 4 aliphatic carbocycles. The molecule has 6 rings (SSSR count). The molecule has 4 saturated carbocycles. The zero-order valence-electron chi connectivity index (χ0n) is 14.1. The smallest absolute Gasteiger partial charge is 0.0727 e. The average molecular weight is 323 g/mol. The zero-order valence-corrected chi connectivity index (χ0v) is 14.9. The lowest BCUT2D eigenvalue weighted by atomic mass is 9.37. The molecule has 0 spiro atoms. The van der Waals surface area contributed by atoms with E-state index in [0.29, 0.717) is 10.8 Å². The highest BCUT2D eigenvalue weighted by molar-refractivity contribution is 7.86. The minimum absolute atomic E-state index is 0.140. The Morgan fingerprint density at radius 2 is 1.41 bits per heavy atom. The van der Waals surface area contributed by atoms with Crippen molar-refractivity contribution < 1.29 is 9.32 Å². The Bertz CT molecular complexity index is 522. The van der Waals surface area contributed by atoms with Crippen LogP contribution in [0.2, 0.25) is 0 Å². The Balaban J connectivity index is 1.56. The Labute approximate surface area is 136 Å². The van der Waals surface area contributed by atoms with Crippen LogP contribution in [0.15, 0.2) is 0 Å². The first-order valence-corrected chi connectivity index (χ1v) is 10.6. The summed E-state index contributed by atoms with van der Waals surface area (Å²) in [7, 11) is -0.659. The van der Waals surface area contributed by atoms with E-state index in [0.717, 1.165) is 31.6 Å². The molecule has 1 N–H and O–H groups in total. The van der Waals surface area contributed by atoms with Gasteiger partial charge < -0.3 is 5.11 Å². The molecule has 2 saturated heterocycles. The SMILES string of the molecule is CC12CC3CC(C)(C1)CC(C1(O)CC4CCC(C1)S4=O)(C3)C2. The maximum Gasteiger partial charge on any atom is 0.0727 e. The standard InChI is InChI=1S/C19H30O2S/c1-16-5-13-6-17(2,10-16)12-18(7-13,11-16)19(20)8-14-3-4-15(9-19)22(14)21/h13-15,20H,3-12H2,1-2H3. The van der Waals surface area contributed by atoms with E-state index >= 15 is 0 Å². The second kappa shape index (κ2) is 4.02. The lowest BCUT2D eigenvalue weighted by molar-refractivity contribution is -0.229. The normalized spacial score (nSPS) is 66.0. The predicted octanol–water partition coefficient (Wildman–Crippen LogP) is 3.79. The minimum atomic E-state index is -0.659. The maximum absolute atomic E-state index is 12.4. The van der Waals surface area contributed by atoms with Crippen LogP contribution in [0, 0.1) is 22.2 Å². The van der Waals surface area contributed by atoms with Gasteiger partial charge in [-0.25, -0.2) is 0 Å². The Morgan fingerprint density at radius 3 is 1.91 bits per heavy atom. The Morgan fingerprint density at radius 1 is 0.864 bits per heavy atom. The fraction of sp³-hybridized carbons (Fsp3) is 1.00. The van der Waals surface area contributed by atoms with E-state index in [9.17, 15) is 9.32 Å². The topological polar surface area (TPSA) is 37.3 Å². The first-order chi connectivity index (χ1) is 10.2. The quantitative estimate of drug-likeness (QED) is 0.797. The molecule has 4 unspecified atom stereocenters. The van der Waals surface area contributed by atoms with Crippen molar-refractivity contribution in [3.8, 4) is 0 Å². The van der Waals surface area contributed by atoms with Crippen LogP contribution in [0.5, 0.6) is 0 Å². The number of hydrogen-bond donors (Lipinski definition) is 1. The van der Waals surface area contributed by atoms with Crippen molar-refractivity contribution in [2.75, 3.05) is 0 Å². The van der Waals surface area contributed by atoms with Crippen LogP contribution in [0.4, 0.5) is 0 Å². The van der Waals surface area contributed by atoms with Crippen molar-refractivity contribution in [3.63, 3.8) is 0 Å². The molecule has 6 aliphatic rings. The van der Waals surface area contributed by atoms with Crippen LogP contribution >= 0.6 is 0 Å². The van der Waals surface area contributed by atoms with Gasteiger partial charge in [0, 0.05) is 26.7 Å². The first-order valence-electron chi connectivity index (χ1n) is 9.36. The van der Waals surface area contributed by atoms with E-state index in [4.69, 9.17) is 0 Å². The molecule has 0 aromatic heterocycles. The number of fused-ring (bicyclic) bond motifs is 2. The van der Waals surface area contributed by atoms with Gasteiger partial charge in [0.25, 0.3) is 0 Å². The minimum Gasteiger partial charge on any atom is -0.389 e. The zero-order chi connectivity index (χ0) is 15.4. The molecule has 0 aromatic carbocycles. The van der Waals surface area contributed by atoms with Gasteiger partial charge in [-0.3, -0.25) is 4.21 Å². The third kappa shape index (κ3) is 1.73. The second-order valence-corrected chi connectivity index (χ2v) is 12.5. The molecular weight excluding hydrogens is 292 g/mol. The molecule has 0 aromatic rings. The van der Waals surface area contributed by atoms with Crippen molar-refractivity contribution in [2.24, 2.45) is 22.2 Å². The maximum atomic E-state index is 12.4. The summed E-state index contributed by atoms with van der Waals surface area (Å²) in [5.41, 5.74) is 0.537. The summed E-state index contributed by atoms with van der Waals surface area (Å²) < 4.78 is 12.4. The van der Waals surface area contributed by atoms with Gasteiger partial charge in [-0.15, -0.1) is 0 Å². The van der Waals surface area contributed by atoms with Crippen molar-refractivity contribution in [3.05, 3.63) is 0 Å². The Hall–Kier alpha value is 0.110. The van der Waals surface area contributed by atoms with Crippen LogP contribution in [0.1, 0.15) is 78.1 Å². The molecule has 124 valence electrons. The monoisotopic (exact) mass is 322 g/mol. The predicted molar refractivity (Wildman–Crippen MR) is 89.0 cm³/mol. The van der Waals surface area contributed by atoms with E-state index in [-0.39, 0.29) is 15.9 Å². The van der Waals surface area contributed by atoms with Gasteiger partial charge in [-0.1, -0.05) is 13.8 Å². The number of hydrogen-bond acceptors (Lipinski definition) is 2. The first kappa shape index (κ1) is 14.5. The summed E-state index contributed by atoms with van der Waals surface area (Å²) in [6, 6.07) is 0. The molecule has 6 bridgehead atoms. The molecule has 2 aliphatic heterocycles. The lowest BCUT2D eigenvalue weighted by Gasteiger charge is -2.69. The van der Waals surface area contributed by atoms with Gasteiger partial charge in [0.1, 0.15) is 0 Å². The summed E-state index contributed by atoms with van der Waals surface area (Å²) in [5.74, 6) is 0.834. The molecule has 0 radical (unpaired) electrons. The van der Waals surface area contributed by atoms with Gasteiger partial charge >= 0.3 is 0 Å². The van der Waals surface area contributed by atoms with Crippen molar-refractivity contribution >= 4 is 10.8 Å². The van der Waals surface area contributed by atoms with Gasteiger partial charge in [-0.2, -0.15) is 0 Å². The number of aliphatic hydroxyl groups is 1. The molecule has 4 atom stereocenters. The van der Waals surface area contributed by atoms with Crippen molar-refractivity contribution in [1.82, 2.24) is 0 Å². The summed E-state index contributed by atoms with van der Waals surface area (Å²) >= 11 is 0. The van der Waals surface area contributed by atoms with E-state index in [2.05, 4.69) is 13.8 Å². The highest BCUT2D eigenvalue weighted by Gasteiger charge is 2.68. The second-order valence-electron chi connectivity index (χ2n) is 10.5. The molecule has 6 fully saturated rings. The third-order valence-corrected chi connectivity index (χ3v) is 10.3. The fourth-order valence-corrected chi connectivity index (χ4v) is 10.6. The lowest BCUT2D eigenvalue weighted by Crippen LogP contribution is -2.65. The van der Waals surface area contributed by atoms with Crippen molar-refractivity contribution in [1.29, 1.82) is 0 Å². The molecular formula is C19H30O2S. The molecule has 2 nitrogen and oxygen atoms in total. The van der Waals surface area contributed by atoms with Gasteiger partial charge in [0.2, 0.25) is 0 Å². The van der Waals surface area contributed by atoms with E-state index in [1.165, 1.54) is 38.5 Å². The van der Waals surface area contributed by atoms with Crippen LogP contribution < -0.4 is 0 Å². The average Bonchev–Trinajstić information content (AvgIpc) is 2.59. The van der Waals surface area contributed by atoms with Gasteiger partial charge in [-0.05, 0) is 81.0 Å². The van der Waals surface area contributed by atoms with Crippen LogP contribution in [0.3, 0.4) is 0 Å². The molecule has 0 amide bonds. The Kier molecular flexibility index (Phi) is 2.64. The summed E-state index contributed by atoms with van der Waals surface area (Å²) in [5, 5.41) is 12.4. The number of rotatable bonds is 1.